The van der Waals surface area contributed by atoms with Crippen molar-refractivity contribution in [1.82, 2.24) is 19.9 Å². The molecule has 4 nitrogen and oxygen atoms in total. The van der Waals surface area contributed by atoms with Crippen molar-refractivity contribution in [2.75, 3.05) is 0 Å². The first-order valence-corrected chi connectivity index (χ1v) is 6.82. The molecule has 4 heterocycles. The van der Waals surface area contributed by atoms with Gasteiger partial charge in [0.1, 0.15) is 0 Å². The predicted octanol–water partition coefficient (Wildman–Crippen LogP) is 4.07. The molecule has 0 spiro atoms. The number of nitrogens with one attached hydrogen (secondary N) is 3. The number of aromatic amines is 3. The van der Waals surface area contributed by atoms with E-state index in [1.54, 1.807) is 0 Å². The van der Waals surface area contributed by atoms with Crippen LogP contribution in [0.4, 0.5) is 0 Å². The summed E-state index contributed by atoms with van der Waals surface area (Å²) >= 11 is 0. The Labute approximate surface area is 121 Å². The molecule has 0 radical (unpaired) electrons. The van der Waals surface area contributed by atoms with E-state index in [0.29, 0.717) is 0 Å². The van der Waals surface area contributed by atoms with Crippen LogP contribution in [-0.2, 0) is 0 Å². The fourth-order valence-corrected chi connectivity index (χ4v) is 2.66. The van der Waals surface area contributed by atoms with Crippen LogP contribution in [0.5, 0.6) is 0 Å². The van der Waals surface area contributed by atoms with Gasteiger partial charge in [0, 0.05) is 60.1 Å². The van der Waals surface area contributed by atoms with Gasteiger partial charge in [0.15, 0.2) is 0 Å². The maximum absolute atomic E-state index is 4.60. The summed E-state index contributed by atoms with van der Waals surface area (Å²) in [7, 11) is 0. The lowest BCUT2D eigenvalue weighted by atomic mass is 9.94. The lowest BCUT2D eigenvalue weighted by molar-refractivity contribution is 1.32. The van der Waals surface area contributed by atoms with E-state index in [1.807, 2.05) is 49.4 Å². The van der Waals surface area contributed by atoms with E-state index in [1.165, 1.54) is 5.56 Å². The molecule has 0 atom stereocenters. The van der Waals surface area contributed by atoms with Crippen LogP contribution in [0.25, 0.3) is 33.5 Å². The van der Waals surface area contributed by atoms with Crippen LogP contribution in [0.3, 0.4) is 0 Å². The number of hydrogen-bond acceptors (Lipinski definition) is 1. The number of pyridine rings is 1. The minimum atomic E-state index is 0.981. The number of aromatic nitrogens is 4. The highest BCUT2D eigenvalue weighted by atomic mass is 14.7. The molecule has 102 valence electrons. The van der Waals surface area contributed by atoms with Gasteiger partial charge in [0.05, 0.1) is 5.69 Å². The third-order valence-electron chi connectivity index (χ3n) is 3.62. The van der Waals surface area contributed by atoms with Crippen molar-refractivity contribution in [3.05, 3.63) is 67.6 Å². The van der Waals surface area contributed by atoms with Crippen molar-refractivity contribution in [1.29, 1.82) is 0 Å². The van der Waals surface area contributed by atoms with Crippen LogP contribution in [0.2, 0.25) is 0 Å². The Balaban J connectivity index is 2.03. The zero-order valence-electron chi connectivity index (χ0n) is 11.3. The van der Waals surface area contributed by atoms with Crippen molar-refractivity contribution in [3.63, 3.8) is 0 Å². The first kappa shape index (κ1) is 11.8. The summed E-state index contributed by atoms with van der Waals surface area (Å²) in [6.45, 7) is 0. The monoisotopic (exact) mass is 274 g/mol. The topological polar surface area (TPSA) is 60.3 Å². The predicted molar refractivity (Wildman–Crippen MR) is 83.6 cm³/mol. The summed E-state index contributed by atoms with van der Waals surface area (Å²) in [5, 5.41) is 0. The Hall–Kier alpha value is -3.01. The summed E-state index contributed by atoms with van der Waals surface area (Å²) in [5.41, 5.74) is 6.67. The average molecular weight is 274 g/mol. The molecule has 0 aliphatic rings. The van der Waals surface area contributed by atoms with Gasteiger partial charge in [-0.3, -0.25) is 4.98 Å². The Kier molecular flexibility index (Phi) is 2.71. The second kappa shape index (κ2) is 4.83. The summed E-state index contributed by atoms with van der Waals surface area (Å²) < 4.78 is 0. The smallest absolute Gasteiger partial charge is 0.0802 e. The Morgan fingerprint density at radius 2 is 1.29 bits per heavy atom. The molecule has 0 unspecified atom stereocenters. The van der Waals surface area contributed by atoms with Crippen LogP contribution in [-0.4, -0.2) is 19.9 Å². The minimum absolute atomic E-state index is 0.981. The number of hydrogen-bond donors (Lipinski definition) is 3. The fraction of sp³-hybridized carbons (Fsp3) is 0. The summed E-state index contributed by atoms with van der Waals surface area (Å²) in [5.74, 6) is 0. The molecule has 0 aromatic carbocycles. The zero-order valence-corrected chi connectivity index (χ0v) is 11.3. The number of rotatable bonds is 3. The largest absolute Gasteiger partial charge is 0.367 e. The van der Waals surface area contributed by atoms with Crippen molar-refractivity contribution < 1.29 is 0 Å². The van der Waals surface area contributed by atoms with Crippen molar-refractivity contribution in [2.45, 2.75) is 0 Å². The van der Waals surface area contributed by atoms with Gasteiger partial charge in [-0.1, -0.05) is 0 Å². The highest BCUT2D eigenvalue weighted by Gasteiger charge is 2.15. The normalized spacial score (nSPS) is 10.9. The van der Waals surface area contributed by atoms with Crippen LogP contribution in [0.1, 0.15) is 0 Å². The van der Waals surface area contributed by atoms with E-state index in [0.717, 1.165) is 27.9 Å². The van der Waals surface area contributed by atoms with E-state index in [-0.39, 0.29) is 0 Å². The Bertz CT molecular complexity index is 773. The summed E-state index contributed by atoms with van der Waals surface area (Å²) in [6.07, 6.45) is 13.6. The fourth-order valence-electron chi connectivity index (χ4n) is 2.66. The molecule has 0 aliphatic heterocycles. The van der Waals surface area contributed by atoms with Gasteiger partial charge in [-0.15, -0.1) is 0 Å². The van der Waals surface area contributed by atoms with E-state index in [2.05, 4.69) is 38.1 Å². The van der Waals surface area contributed by atoms with E-state index in [9.17, 15) is 0 Å². The minimum Gasteiger partial charge on any atom is -0.367 e. The van der Waals surface area contributed by atoms with E-state index >= 15 is 0 Å². The van der Waals surface area contributed by atoms with Gasteiger partial charge in [-0.25, -0.2) is 0 Å². The third-order valence-corrected chi connectivity index (χ3v) is 3.62. The Morgan fingerprint density at radius 1 is 0.667 bits per heavy atom. The zero-order chi connectivity index (χ0) is 14.1. The highest BCUT2D eigenvalue weighted by Crippen LogP contribution is 2.38. The second-order valence-corrected chi connectivity index (χ2v) is 4.88. The lowest BCUT2D eigenvalue weighted by Gasteiger charge is -2.11. The average Bonchev–Trinajstić information content (AvgIpc) is 3.28. The summed E-state index contributed by atoms with van der Waals surface area (Å²) in [4.78, 5) is 14.0. The molecule has 0 fully saturated rings. The Morgan fingerprint density at radius 3 is 1.90 bits per heavy atom. The van der Waals surface area contributed by atoms with Crippen LogP contribution in [0, 0.1) is 0 Å². The molecular formula is C17H14N4. The number of H-pyrrole nitrogens is 3. The standard InChI is InChI=1S/C17H14N4/c1-5-18-9-12(1)15-4-8-21-17(14-3-7-20-11-14)16(15)13-2-6-19-10-13/h1-11,18-20H. The molecular weight excluding hydrogens is 260 g/mol. The molecule has 4 heteroatoms. The molecule has 4 aromatic heterocycles. The first-order valence-electron chi connectivity index (χ1n) is 6.82. The van der Waals surface area contributed by atoms with E-state index in [4.69, 9.17) is 0 Å². The number of nitrogens with zero attached hydrogens (tertiary/aromatic N) is 1. The molecule has 0 bridgehead atoms. The van der Waals surface area contributed by atoms with Gasteiger partial charge in [-0.2, -0.15) is 0 Å². The third kappa shape index (κ3) is 1.97. The van der Waals surface area contributed by atoms with Crippen molar-refractivity contribution in [2.24, 2.45) is 0 Å². The highest BCUT2D eigenvalue weighted by molar-refractivity contribution is 5.92. The quantitative estimate of drug-likeness (QED) is 0.518. The van der Waals surface area contributed by atoms with Crippen molar-refractivity contribution in [3.8, 4) is 33.5 Å². The maximum Gasteiger partial charge on any atom is 0.0802 e. The molecule has 0 amide bonds. The molecule has 0 saturated carbocycles. The molecule has 4 rings (SSSR count). The van der Waals surface area contributed by atoms with Crippen LogP contribution >= 0.6 is 0 Å². The summed E-state index contributed by atoms with van der Waals surface area (Å²) in [6, 6.07) is 8.25. The molecule has 0 aliphatic carbocycles. The van der Waals surface area contributed by atoms with Gasteiger partial charge in [-0.05, 0) is 35.4 Å². The molecule has 3 N–H and O–H groups in total. The SMILES string of the molecule is c1cc(-c2cc[nH]c2)c(-c2cc[nH]c2)c(-c2cc[nH]c2)n1. The molecule has 21 heavy (non-hydrogen) atoms. The van der Waals surface area contributed by atoms with Crippen molar-refractivity contribution >= 4 is 0 Å². The lowest BCUT2D eigenvalue weighted by Crippen LogP contribution is -1.91. The van der Waals surface area contributed by atoms with Crippen LogP contribution in [0.15, 0.2) is 67.6 Å². The second-order valence-electron chi connectivity index (χ2n) is 4.88. The first-order chi connectivity index (χ1) is 10.4. The van der Waals surface area contributed by atoms with Gasteiger partial charge < -0.3 is 15.0 Å². The van der Waals surface area contributed by atoms with Crippen LogP contribution < -0.4 is 0 Å². The van der Waals surface area contributed by atoms with Gasteiger partial charge in [0.2, 0.25) is 0 Å². The molecule has 4 aromatic rings. The molecule has 0 saturated heterocycles. The van der Waals surface area contributed by atoms with Gasteiger partial charge >= 0.3 is 0 Å². The maximum atomic E-state index is 4.60. The van der Waals surface area contributed by atoms with Gasteiger partial charge in [0.25, 0.3) is 0 Å². The van der Waals surface area contributed by atoms with E-state index < -0.39 is 0 Å².